The Labute approximate surface area is 151 Å². The summed E-state index contributed by atoms with van der Waals surface area (Å²) in [7, 11) is -1.67. The van der Waals surface area contributed by atoms with Gasteiger partial charge in [0.25, 0.3) is 5.91 Å². The van der Waals surface area contributed by atoms with Crippen molar-refractivity contribution in [1.29, 1.82) is 0 Å². The van der Waals surface area contributed by atoms with Gasteiger partial charge in [0, 0.05) is 0 Å². The fraction of sp³-hybridized carbons (Fsp3) is 0. The Morgan fingerprint density at radius 1 is 0.846 bits per heavy atom. The van der Waals surface area contributed by atoms with E-state index >= 15 is 0 Å². The number of carbonyl (C=O) groups excluding carboxylic acids is 1. The van der Waals surface area contributed by atoms with Crippen LogP contribution in [0.25, 0.3) is 11.1 Å². The maximum absolute atomic E-state index is 14.0. The first kappa shape index (κ1) is 17.9. The molecule has 4 nitrogen and oxygen atoms in total. The van der Waals surface area contributed by atoms with E-state index < -0.39 is 22.7 Å². The highest BCUT2D eigenvalue weighted by Gasteiger charge is 2.14. The summed E-state index contributed by atoms with van der Waals surface area (Å²) in [6.45, 7) is 0. The first-order valence-corrected chi connectivity index (χ1v) is 8.78. The van der Waals surface area contributed by atoms with Crippen LogP contribution in [0.3, 0.4) is 0 Å². The molecular weight excluding hydrogens is 358 g/mol. The minimum absolute atomic E-state index is 0.218. The standard InChI is InChI=1S/C19H14F2N2O2S/c20-15-9-6-13(7-10-15)14-8-11-18(21)17(12-14)19(24)22-23-26(25)16-4-2-1-3-5-16/h1-12,23H,(H,22,24). The van der Waals surface area contributed by atoms with Crippen molar-refractivity contribution in [3.8, 4) is 11.1 Å². The maximum Gasteiger partial charge on any atom is 0.269 e. The molecule has 0 bridgehead atoms. The van der Waals surface area contributed by atoms with E-state index in [0.717, 1.165) is 6.07 Å². The van der Waals surface area contributed by atoms with Crippen molar-refractivity contribution in [1.82, 2.24) is 10.3 Å². The van der Waals surface area contributed by atoms with Crippen molar-refractivity contribution < 1.29 is 17.8 Å². The van der Waals surface area contributed by atoms with Gasteiger partial charge in [-0.2, -0.15) is 0 Å². The van der Waals surface area contributed by atoms with Crippen LogP contribution >= 0.6 is 0 Å². The van der Waals surface area contributed by atoms with Crippen LogP contribution in [0.5, 0.6) is 0 Å². The highest BCUT2D eigenvalue weighted by atomic mass is 32.2. The van der Waals surface area contributed by atoms with Crippen molar-refractivity contribution in [2.45, 2.75) is 4.90 Å². The summed E-state index contributed by atoms with van der Waals surface area (Å²) in [5.74, 6) is -1.88. The number of hydrogen-bond donors (Lipinski definition) is 2. The quantitative estimate of drug-likeness (QED) is 0.673. The summed E-state index contributed by atoms with van der Waals surface area (Å²) in [5, 5.41) is 0. The zero-order valence-electron chi connectivity index (χ0n) is 13.4. The molecule has 2 N–H and O–H groups in total. The smallest absolute Gasteiger partial charge is 0.269 e. The summed E-state index contributed by atoms with van der Waals surface area (Å²) in [4.78, 5) is 15.0. The summed E-state index contributed by atoms with van der Waals surface area (Å²) >= 11 is 0. The summed E-state index contributed by atoms with van der Waals surface area (Å²) < 4.78 is 39.1. The molecule has 132 valence electrons. The monoisotopic (exact) mass is 372 g/mol. The molecule has 0 heterocycles. The molecule has 1 amide bonds. The number of rotatable bonds is 5. The van der Waals surface area contributed by atoms with Gasteiger partial charge >= 0.3 is 0 Å². The minimum atomic E-state index is -1.67. The molecule has 3 aromatic carbocycles. The molecule has 3 aromatic rings. The topological polar surface area (TPSA) is 58.2 Å². The van der Waals surface area contributed by atoms with Crippen LogP contribution in [-0.4, -0.2) is 10.1 Å². The van der Waals surface area contributed by atoms with Crippen molar-refractivity contribution in [3.05, 3.63) is 90.0 Å². The third kappa shape index (κ3) is 4.19. The van der Waals surface area contributed by atoms with Gasteiger partial charge in [0.1, 0.15) is 22.6 Å². The lowest BCUT2D eigenvalue weighted by Crippen LogP contribution is -2.38. The number of benzene rings is 3. The van der Waals surface area contributed by atoms with Crippen LogP contribution in [0.15, 0.2) is 77.7 Å². The van der Waals surface area contributed by atoms with Crippen LogP contribution in [0, 0.1) is 11.6 Å². The number of amides is 1. The van der Waals surface area contributed by atoms with Crippen molar-refractivity contribution in [2.24, 2.45) is 0 Å². The first-order chi connectivity index (χ1) is 12.5. The Balaban J connectivity index is 1.75. The van der Waals surface area contributed by atoms with E-state index in [-0.39, 0.29) is 11.4 Å². The van der Waals surface area contributed by atoms with Gasteiger partial charge in [-0.25, -0.2) is 13.0 Å². The molecule has 26 heavy (non-hydrogen) atoms. The fourth-order valence-corrected chi connectivity index (χ4v) is 2.99. The number of halogens is 2. The molecule has 3 rings (SSSR count). The Kier molecular flexibility index (Phi) is 5.50. The SMILES string of the molecule is O=C(NNS(=O)c1ccccc1)c1cc(-c2ccc(F)cc2)ccc1F. The summed E-state index contributed by atoms with van der Waals surface area (Å²) in [6, 6.07) is 18.1. The fourth-order valence-electron chi connectivity index (χ4n) is 2.28. The van der Waals surface area contributed by atoms with Gasteiger partial charge in [-0.05, 0) is 47.5 Å². The molecule has 0 spiro atoms. The normalized spacial score (nSPS) is 11.8. The van der Waals surface area contributed by atoms with Crippen LogP contribution in [-0.2, 0) is 11.0 Å². The van der Waals surface area contributed by atoms with Crippen molar-refractivity contribution in [2.75, 3.05) is 0 Å². The third-order valence-electron chi connectivity index (χ3n) is 3.60. The van der Waals surface area contributed by atoms with Crippen molar-refractivity contribution >= 4 is 16.9 Å². The first-order valence-electron chi connectivity index (χ1n) is 7.63. The molecule has 0 aliphatic heterocycles. The Morgan fingerprint density at radius 3 is 2.19 bits per heavy atom. The maximum atomic E-state index is 14.0. The number of nitrogens with one attached hydrogen (secondary N) is 2. The molecule has 1 unspecified atom stereocenters. The molecule has 0 saturated carbocycles. The van der Waals surface area contributed by atoms with Crippen LogP contribution < -0.4 is 10.3 Å². The average Bonchev–Trinajstić information content (AvgIpc) is 2.67. The molecule has 0 aliphatic carbocycles. The second-order valence-corrected chi connectivity index (χ2v) is 6.55. The van der Waals surface area contributed by atoms with E-state index in [1.54, 1.807) is 30.3 Å². The van der Waals surface area contributed by atoms with Gasteiger partial charge in [0.05, 0.1) is 10.5 Å². The lowest BCUT2D eigenvalue weighted by Gasteiger charge is -2.09. The predicted octanol–water partition coefficient (Wildman–Crippen LogP) is 3.59. The molecular formula is C19H14F2N2O2S. The van der Waals surface area contributed by atoms with Gasteiger partial charge in [-0.15, -0.1) is 4.83 Å². The predicted molar refractivity (Wildman–Crippen MR) is 95.2 cm³/mol. The Morgan fingerprint density at radius 2 is 1.50 bits per heavy atom. The second kappa shape index (κ2) is 7.99. The second-order valence-electron chi connectivity index (χ2n) is 5.34. The molecule has 7 heteroatoms. The van der Waals surface area contributed by atoms with Gasteiger partial charge < -0.3 is 0 Å². The van der Waals surface area contributed by atoms with E-state index in [2.05, 4.69) is 10.3 Å². The Hall–Kier alpha value is -2.90. The highest BCUT2D eigenvalue weighted by Crippen LogP contribution is 2.22. The lowest BCUT2D eigenvalue weighted by atomic mass is 10.0. The van der Waals surface area contributed by atoms with Gasteiger partial charge in [-0.1, -0.05) is 36.4 Å². The summed E-state index contributed by atoms with van der Waals surface area (Å²) in [5.41, 5.74) is 3.21. The molecule has 0 saturated heterocycles. The van der Waals surface area contributed by atoms with E-state index in [1.165, 1.54) is 36.4 Å². The van der Waals surface area contributed by atoms with Gasteiger partial charge in [0.2, 0.25) is 0 Å². The zero-order chi connectivity index (χ0) is 18.5. The van der Waals surface area contributed by atoms with Crippen molar-refractivity contribution in [3.63, 3.8) is 0 Å². The average molecular weight is 372 g/mol. The zero-order valence-corrected chi connectivity index (χ0v) is 14.2. The summed E-state index contributed by atoms with van der Waals surface area (Å²) in [6.07, 6.45) is 0. The van der Waals surface area contributed by atoms with Crippen LogP contribution in [0.4, 0.5) is 8.78 Å². The molecule has 1 atom stereocenters. The Bertz CT molecular complexity index is 948. The van der Waals surface area contributed by atoms with E-state index in [9.17, 15) is 17.8 Å². The third-order valence-corrected chi connectivity index (χ3v) is 4.59. The van der Waals surface area contributed by atoms with Gasteiger partial charge in [-0.3, -0.25) is 10.2 Å². The lowest BCUT2D eigenvalue weighted by molar-refractivity contribution is 0.0942. The highest BCUT2D eigenvalue weighted by molar-refractivity contribution is 7.83. The van der Waals surface area contributed by atoms with E-state index in [1.807, 2.05) is 0 Å². The number of carbonyl (C=O) groups is 1. The molecule has 0 fully saturated rings. The van der Waals surface area contributed by atoms with Crippen LogP contribution in [0.1, 0.15) is 10.4 Å². The van der Waals surface area contributed by atoms with E-state index in [4.69, 9.17) is 0 Å². The molecule has 0 aliphatic rings. The molecule has 0 radical (unpaired) electrons. The minimum Gasteiger partial charge on any atom is -0.275 e. The number of hydrogen-bond acceptors (Lipinski definition) is 2. The largest absolute Gasteiger partial charge is 0.275 e. The van der Waals surface area contributed by atoms with E-state index in [0.29, 0.717) is 16.0 Å². The molecule has 0 aromatic heterocycles. The van der Waals surface area contributed by atoms with Crippen LogP contribution in [0.2, 0.25) is 0 Å². The van der Waals surface area contributed by atoms with Gasteiger partial charge in [0.15, 0.2) is 0 Å². The number of hydrazine groups is 1.